The summed E-state index contributed by atoms with van der Waals surface area (Å²) in [7, 11) is -1.94. The van der Waals surface area contributed by atoms with Crippen LogP contribution < -0.4 is 4.74 Å². The van der Waals surface area contributed by atoms with Crippen molar-refractivity contribution >= 4 is 19.3 Å². The molecule has 0 saturated carbocycles. The molecule has 0 aliphatic carbocycles. The lowest BCUT2D eigenvalue weighted by Crippen LogP contribution is -2.18. The fourth-order valence-electron chi connectivity index (χ4n) is 2.48. The average molecular weight is 400 g/mol. The molecule has 0 radical (unpaired) electrons. The zero-order chi connectivity index (χ0) is 20.3. The molecule has 0 saturated heterocycles. The molecule has 0 bridgehead atoms. The van der Waals surface area contributed by atoms with Gasteiger partial charge >= 0.3 is 13.6 Å². The molecule has 1 aromatic rings. The highest BCUT2D eigenvalue weighted by Crippen LogP contribution is 2.48. The summed E-state index contributed by atoms with van der Waals surface area (Å²) in [5.74, 6) is -0.0878. The number of carbonyl (C=O) groups is 2. The molecule has 0 heterocycles. The van der Waals surface area contributed by atoms with Crippen LogP contribution in [-0.2, 0) is 27.9 Å². The number of carbonyl (C=O) groups excluding carboxylic acids is 2. The number of ether oxygens (including phenoxy) is 2. The lowest BCUT2D eigenvalue weighted by molar-refractivity contribution is -0.150. The minimum Gasteiger partial charge on any atom is -0.497 e. The van der Waals surface area contributed by atoms with Crippen molar-refractivity contribution in [3.63, 3.8) is 0 Å². The number of Topliss-reactive ketones (excluding diaryl/α,β-unsaturated/α-hetero) is 1. The molecule has 0 fully saturated rings. The number of rotatable bonds is 13. The van der Waals surface area contributed by atoms with Crippen LogP contribution in [0.1, 0.15) is 51.7 Å². The van der Waals surface area contributed by atoms with E-state index < -0.39 is 13.7 Å². The molecule has 0 aromatic heterocycles. The molecule has 0 aliphatic heterocycles. The Morgan fingerprint density at radius 3 is 2.11 bits per heavy atom. The van der Waals surface area contributed by atoms with E-state index in [-0.39, 0.29) is 44.0 Å². The molecule has 1 rings (SSSR count). The number of benzene rings is 1. The van der Waals surface area contributed by atoms with Crippen molar-refractivity contribution in [3.05, 3.63) is 29.8 Å². The first kappa shape index (κ1) is 23.3. The van der Waals surface area contributed by atoms with E-state index in [1.54, 1.807) is 45.2 Å². The number of esters is 1. The third-order valence-corrected chi connectivity index (χ3v) is 5.69. The summed E-state index contributed by atoms with van der Waals surface area (Å²) in [4.78, 5) is 24.5. The molecular formula is C19H29O7P. The number of ketones is 1. The predicted octanol–water partition coefficient (Wildman–Crippen LogP) is 4.30. The van der Waals surface area contributed by atoms with E-state index >= 15 is 0 Å². The largest absolute Gasteiger partial charge is 0.497 e. The third-order valence-electron chi connectivity index (χ3n) is 3.65. The van der Waals surface area contributed by atoms with Crippen LogP contribution in [0.15, 0.2) is 24.3 Å². The maximum Gasteiger partial charge on any atom is 0.338 e. The van der Waals surface area contributed by atoms with Gasteiger partial charge in [0.25, 0.3) is 0 Å². The van der Waals surface area contributed by atoms with Gasteiger partial charge in [0.05, 0.1) is 20.3 Å². The highest BCUT2D eigenvalue weighted by Gasteiger charge is 2.30. The van der Waals surface area contributed by atoms with E-state index in [1.165, 1.54) is 0 Å². The summed E-state index contributed by atoms with van der Waals surface area (Å²) in [5, 5.41) is 0. The van der Waals surface area contributed by atoms with Gasteiger partial charge in [0.1, 0.15) is 23.8 Å². The summed E-state index contributed by atoms with van der Waals surface area (Å²) in [5.41, 5.74) is 0.663. The molecule has 1 atom stereocenters. The van der Waals surface area contributed by atoms with Gasteiger partial charge in [-0.1, -0.05) is 19.1 Å². The molecule has 0 spiro atoms. The van der Waals surface area contributed by atoms with Crippen molar-refractivity contribution in [1.29, 1.82) is 0 Å². The van der Waals surface area contributed by atoms with Crippen molar-refractivity contribution in [3.8, 4) is 5.75 Å². The van der Waals surface area contributed by atoms with Gasteiger partial charge in [0.15, 0.2) is 0 Å². The van der Waals surface area contributed by atoms with Crippen LogP contribution in [-0.4, -0.2) is 38.2 Å². The smallest absolute Gasteiger partial charge is 0.338 e. The Morgan fingerprint density at radius 2 is 1.63 bits per heavy atom. The van der Waals surface area contributed by atoms with Crippen LogP contribution in [0.4, 0.5) is 0 Å². The predicted molar refractivity (Wildman–Crippen MR) is 102 cm³/mol. The topological polar surface area (TPSA) is 88.1 Å². The molecule has 1 unspecified atom stereocenters. The molecule has 7 nitrogen and oxygen atoms in total. The van der Waals surface area contributed by atoms with Crippen LogP contribution in [0.5, 0.6) is 5.75 Å². The maximum absolute atomic E-state index is 12.6. The fourth-order valence-corrected chi connectivity index (χ4v) is 4.08. The molecule has 152 valence electrons. The van der Waals surface area contributed by atoms with Crippen molar-refractivity contribution < 1.29 is 32.7 Å². The van der Waals surface area contributed by atoms with E-state index in [0.717, 1.165) is 0 Å². The quantitative estimate of drug-likeness (QED) is 0.360. The first-order valence-electron chi connectivity index (χ1n) is 9.10. The Bertz CT molecular complexity index is 632. The zero-order valence-corrected chi connectivity index (χ0v) is 17.3. The Kier molecular flexibility index (Phi) is 10.3. The van der Waals surface area contributed by atoms with Gasteiger partial charge in [0, 0.05) is 12.8 Å². The SMILES string of the molecule is CCCC(=O)OC(CC(=O)CP(=O)(OCC)OCC)c1ccc(OC)cc1. The highest BCUT2D eigenvalue weighted by atomic mass is 31.2. The lowest BCUT2D eigenvalue weighted by Gasteiger charge is -2.20. The summed E-state index contributed by atoms with van der Waals surface area (Å²) in [6.45, 7) is 5.59. The van der Waals surface area contributed by atoms with Gasteiger partial charge in [-0.05, 0) is 38.0 Å². The third kappa shape index (κ3) is 8.24. The van der Waals surface area contributed by atoms with Crippen molar-refractivity contribution in [2.45, 2.75) is 46.1 Å². The highest BCUT2D eigenvalue weighted by molar-refractivity contribution is 7.54. The number of methoxy groups -OCH3 is 1. The van der Waals surface area contributed by atoms with Crippen LogP contribution in [0.2, 0.25) is 0 Å². The molecule has 0 N–H and O–H groups in total. The van der Waals surface area contributed by atoms with Gasteiger partial charge in [-0.3, -0.25) is 14.2 Å². The summed E-state index contributed by atoms with van der Waals surface area (Å²) in [6, 6.07) is 6.93. The molecule has 0 amide bonds. The van der Waals surface area contributed by atoms with E-state index in [1.807, 2.05) is 6.92 Å². The van der Waals surface area contributed by atoms with Gasteiger partial charge in [-0.25, -0.2) is 0 Å². The van der Waals surface area contributed by atoms with Crippen LogP contribution in [0.25, 0.3) is 0 Å². The monoisotopic (exact) mass is 400 g/mol. The average Bonchev–Trinajstić information content (AvgIpc) is 2.61. The van der Waals surface area contributed by atoms with Crippen LogP contribution in [0, 0.1) is 0 Å². The normalized spacial score (nSPS) is 12.4. The van der Waals surface area contributed by atoms with Crippen molar-refractivity contribution in [1.82, 2.24) is 0 Å². The molecule has 0 aliphatic rings. The number of hydrogen-bond acceptors (Lipinski definition) is 7. The Hall–Kier alpha value is -1.69. The first-order valence-corrected chi connectivity index (χ1v) is 10.8. The van der Waals surface area contributed by atoms with Gasteiger partial charge in [0.2, 0.25) is 0 Å². The van der Waals surface area contributed by atoms with Crippen molar-refractivity contribution in [2.24, 2.45) is 0 Å². The summed E-state index contributed by atoms with van der Waals surface area (Å²) < 4.78 is 33.5. The van der Waals surface area contributed by atoms with Crippen molar-refractivity contribution in [2.75, 3.05) is 26.5 Å². The first-order chi connectivity index (χ1) is 12.9. The summed E-state index contributed by atoms with van der Waals surface area (Å²) in [6.07, 6.45) is -0.318. The standard InChI is InChI=1S/C19H29O7P/c1-5-8-19(21)26-18(15-9-11-17(23-4)12-10-15)13-16(20)14-27(22,24-6-2)25-7-3/h9-12,18H,5-8,13-14H2,1-4H3. The van der Waals surface area contributed by atoms with Gasteiger partial charge in [-0.15, -0.1) is 0 Å². The Balaban J connectivity index is 2.92. The van der Waals surface area contributed by atoms with Gasteiger partial charge < -0.3 is 18.5 Å². The van der Waals surface area contributed by atoms with E-state index in [9.17, 15) is 14.2 Å². The van der Waals surface area contributed by atoms with E-state index in [2.05, 4.69) is 0 Å². The van der Waals surface area contributed by atoms with E-state index in [0.29, 0.717) is 17.7 Å². The van der Waals surface area contributed by atoms with E-state index in [4.69, 9.17) is 18.5 Å². The molecule has 8 heteroatoms. The fraction of sp³-hybridized carbons (Fsp3) is 0.579. The Labute approximate surface area is 160 Å². The van der Waals surface area contributed by atoms with Crippen LogP contribution >= 0.6 is 7.60 Å². The molecule has 1 aromatic carbocycles. The Morgan fingerprint density at radius 1 is 1.04 bits per heavy atom. The number of hydrogen-bond donors (Lipinski definition) is 0. The second-order valence-electron chi connectivity index (χ2n) is 5.85. The minimum atomic E-state index is -3.49. The second kappa shape index (κ2) is 11.9. The second-order valence-corrected chi connectivity index (χ2v) is 7.90. The molecule has 27 heavy (non-hydrogen) atoms. The minimum absolute atomic E-state index is 0.105. The molecular weight excluding hydrogens is 371 g/mol. The van der Waals surface area contributed by atoms with Crippen LogP contribution in [0.3, 0.4) is 0 Å². The summed E-state index contributed by atoms with van der Waals surface area (Å²) >= 11 is 0. The maximum atomic E-state index is 12.6. The lowest BCUT2D eigenvalue weighted by atomic mass is 10.0. The zero-order valence-electron chi connectivity index (χ0n) is 16.4. The van der Waals surface area contributed by atoms with Gasteiger partial charge in [-0.2, -0.15) is 0 Å².